The van der Waals surface area contributed by atoms with Crippen LogP contribution in [0.25, 0.3) is 0 Å². The van der Waals surface area contributed by atoms with E-state index in [0.29, 0.717) is 6.04 Å². The van der Waals surface area contributed by atoms with E-state index < -0.39 is 11.9 Å². The highest BCUT2D eigenvalue weighted by Crippen LogP contribution is 2.15. The van der Waals surface area contributed by atoms with Crippen LogP contribution in [0, 0.1) is 0 Å². The summed E-state index contributed by atoms with van der Waals surface area (Å²) in [4.78, 5) is 20.3. The molecule has 0 spiro atoms. The molecule has 0 saturated heterocycles. The summed E-state index contributed by atoms with van der Waals surface area (Å²) in [7, 11) is 4.12. The molecule has 1 unspecified atom stereocenters. The molecule has 0 radical (unpaired) electrons. The second-order valence-corrected chi connectivity index (χ2v) is 5.68. The van der Waals surface area contributed by atoms with E-state index in [9.17, 15) is 0 Å². The van der Waals surface area contributed by atoms with E-state index >= 15 is 0 Å². The molecule has 3 N–H and O–H groups in total. The van der Waals surface area contributed by atoms with Crippen LogP contribution in [0.15, 0.2) is 54.6 Å². The molecule has 0 aliphatic rings. The number of carbonyl (C=O) groups is 2. The Morgan fingerprint density at radius 1 is 0.960 bits per heavy atom. The van der Waals surface area contributed by atoms with Gasteiger partial charge in [-0.1, -0.05) is 42.5 Å². The summed E-state index contributed by atoms with van der Waals surface area (Å²) in [5.74, 6) is -3.65. The third-order valence-electron chi connectivity index (χ3n) is 3.55. The molecule has 0 fully saturated rings. The molecule has 1 atom stereocenters. The summed E-state index contributed by atoms with van der Waals surface area (Å²) in [5, 5.41) is 18.3. The normalized spacial score (nSPS) is 11.0. The summed E-state index contributed by atoms with van der Waals surface area (Å²) in [6, 6.07) is 19.6. The fraction of sp³-hybridized carbons (Fsp3) is 0.263. The first-order chi connectivity index (χ1) is 11.8. The van der Waals surface area contributed by atoms with Gasteiger partial charge in [0.25, 0.3) is 0 Å². The Labute approximate surface area is 147 Å². The maximum Gasteiger partial charge on any atom is 0.414 e. The SMILES string of the molecule is CC(NCc1ccc(N(C)C)cc1)c1ccccc1.O=C(O)C(=O)O. The van der Waals surface area contributed by atoms with Crippen molar-refractivity contribution in [2.24, 2.45) is 0 Å². The lowest BCUT2D eigenvalue weighted by Gasteiger charge is -2.16. The number of nitrogens with zero attached hydrogens (tertiary/aromatic N) is 1. The van der Waals surface area contributed by atoms with Crippen LogP contribution in [-0.2, 0) is 16.1 Å². The summed E-state index contributed by atoms with van der Waals surface area (Å²) >= 11 is 0. The Morgan fingerprint density at radius 2 is 1.48 bits per heavy atom. The number of hydrogen-bond donors (Lipinski definition) is 3. The Bertz CT molecular complexity index is 658. The molecule has 2 aromatic rings. The first kappa shape index (κ1) is 20.2. The monoisotopic (exact) mass is 344 g/mol. The van der Waals surface area contributed by atoms with E-state index in [1.165, 1.54) is 16.8 Å². The van der Waals surface area contributed by atoms with Crippen molar-refractivity contribution in [2.75, 3.05) is 19.0 Å². The van der Waals surface area contributed by atoms with E-state index in [1.54, 1.807) is 0 Å². The Balaban J connectivity index is 0.000000450. The second-order valence-electron chi connectivity index (χ2n) is 5.68. The first-order valence-electron chi connectivity index (χ1n) is 7.82. The zero-order chi connectivity index (χ0) is 18.8. The van der Waals surface area contributed by atoms with E-state index in [1.807, 2.05) is 0 Å². The summed E-state index contributed by atoms with van der Waals surface area (Å²) in [5.41, 5.74) is 3.88. The maximum atomic E-state index is 9.10. The topological polar surface area (TPSA) is 89.9 Å². The highest BCUT2D eigenvalue weighted by molar-refractivity contribution is 6.27. The largest absolute Gasteiger partial charge is 0.473 e. The van der Waals surface area contributed by atoms with Crippen molar-refractivity contribution in [3.63, 3.8) is 0 Å². The summed E-state index contributed by atoms with van der Waals surface area (Å²) < 4.78 is 0. The molecule has 6 heteroatoms. The van der Waals surface area contributed by atoms with Crippen LogP contribution in [0.4, 0.5) is 5.69 Å². The van der Waals surface area contributed by atoms with Crippen LogP contribution in [0.3, 0.4) is 0 Å². The molecule has 2 aromatic carbocycles. The molecule has 134 valence electrons. The van der Waals surface area contributed by atoms with Crippen LogP contribution < -0.4 is 10.2 Å². The fourth-order valence-corrected chi connectivity index (χ4v) is 2.04. The van der Waals surface area contributed by atoms with Gasteiger partial charge in [-0.2, -0.15) is 0 Å². The molecule has 0 saturated carbocycles. The number of rotatable bonds is 5. The molecule has 2 rings (SSSR count). The van der Waals surface area contributed by atoms with Gasteiger partial charge < -0.3 is 20.4 Å². The average molecular weight is 344 g/mol. The van der Waals surface area contributed by atoms with Gasteiger partial charge in [-0.25, -0.2) is 9.59 Å². The van der Waals surface area contributed by atoms with Gasteiger partial charge in [0.1, 0.15) is 0 Å². The van der Waals surface area contributed by atoms with Crippen molar-refractivity contribution in [3.05, 3.63) is 65.7 Å². The summed E-state index contributed by atoms with van der Waals surface area (Å²) in [6.45, 7) is 3.09. The number of nitrogens with one attached hydrogen (secondary N) is 1. The third kappa shape index (κ3) is 7.50. The van der Waals surface area contributed by atoms with Gasteiger partial charge in [0, 0.05) is 32.4 Å². The van der Waals surface area contributed by atoms with Crippen LogP contribution in [0.1, 0.15) is 24.1 Å². The third-order valence-corrected chi connectivity index (χ3v) is 3.55. The minimum absolute atomic E-state index is 0.370. The van der Waals surface area contributed by atoms with E-state index in [0.717, 1.165) is 6.54 Å². The molecular formula is C19H24N2O4. The number of anilines is 1. The molecular weight excluding hydrogens is 320 g/mol. The highest BCUT2D eigenvalue weighted by Gasteiger charge is 2.04. The predicted molar refractivity (Wildman–Crippen MR) is 97.7 cm³/mol. The molecule has 0 bridgehead atoms. The van der Waals surface area contributed by atoms with E-state index in [-0.39, 0.29) is 0 Å². The standard InChI is InChI=1S/C17H22N2.C2H2O4/c1-14(16-7-5-4-6-8-16)18-13-15-9-11-17(12-10-15)19(2)3;3-1(4)2(5)6/h4-12,14,18H,13H2,1-3H3;(H,3,4)(H,5,6). The number of carboxylic acid groups (broad SMARTS) is 2. The minimum atomic E-state index is -1.82. The summed E-state index contributed by atoms with van der Waals surface area (Å²) in [6.07, 6.45) is 0. The van der Waals surface area contributed by atoms with Gasteiger partial charge in [-0.3, -0.25) is 0 Å². The lowest BCUT2D eigenvalue weighted by atomic mass is 10.1. The Hall–Kier alpha value is -2.86. The maximum absolute atomic E-state index is 9.10. The highest BCUT2D eigenvalue weighted by atomic mass is 16.4. The lowest BCUT2D eigenvalue weighted by Crippen LogP contribution is -2.18. The lowest BCUT2D eigenvalue weighted by molar-refractivity contribution is -0.159. The predicted octanol–water partition coefficient (Wildman–Crippen LogP) is 2.76. The number of aliphatic carboxylic acids is 2. The fourth-order valence-electron chi connectivity index (χ4n) is 2.04. The second kappa shape index (κ2) is 10.1. The van der Waals surface area contributed by atoms with Gasteiger partial charge in [-0.05, 0) is 30.2 Å². The zero-order valence-corrected chi connectivity index (χ0v) is 14.6. The minimum Gasteiger partial charge on any atom is -0.473 e. The quantitative estimate of drug-likeness (QED) is 0.723. The average Bonchev–Trinajstić information content (AvgIpc) is 2.61. The van der Waals surface area contributed by atoms with E-state index in [2.05, 4.69) is 85.8 Å². The van der Waals surface area contributed by atoms with Crippen molar-refractivity contribution in [1.29, 1.82) is 0 Å². The zero-order valence-electron chi connectivity index (χ0n) is 14.6. The number of hydrogen-bond acceptors (Lipinski definition) is 4. The molecule has 25 heavy (non-hydrogen) atoms. The molecule has 0 amide bonds. The molecule has 6 nitrogen and oxygen atoms in total. The van der Waals surface area contributed by atoms with Crippen molar-refractivity contribution >= 4 is 17.6 Å². The van der Waals surface area contributed by atoms with Gasteiger partial charge in [0.2, 0.25) is 0 Å². The van der Waals surface area contributed by atoms with Crippen molar-refractivity contribution in [2.45, 2.75) is 19.5 Å². The molecule has 0 heterocycles. The van der Waals surface area contributed by atoms with Gasteiger partial charge in [-0.15, -0.1) is 0 Å². The Morgan fingerprint density at radius 3 is 1.92 bits per heavy atom. The Kier molecular flexibility index (Phi) is 8.15. The van der Waals surface area contributed by atoms with Gasteiger partial charge in [0.15, 0.2) is 0 Å². The number of benzene rings is 2. The van der Waals surface area contributed by atoms with Crippen LogP contribution in [0.5, 0.6) is 0 Å². The molecule has 0 aliphatic heterocycles. The molecule has 0 aliphatic carbocycles. The van der Waals surface area contributed by atoms with Crippen LogP contribution in [0.2, 0.25) is 0 Å². The van der Waals surface area contributed by atoms with Crippen molar-refractivity contribution in [1.82, 2.24) is 5.32 Å². The smallest absolute Gasteiger partial charge is 0.414 e. The van der Waals surface area contributed by atoms with Crippen molar-refractivity contribution in [3.8, 4) is 0 Å². The van der Waals surface area contributed by atoms with E-state index in [4.69, 9.17) is 19.8 Å². The van der Waals surface area contributed by atoms with Gasteiger partial charge >= 0.3 is 11.9 Å². The first-order valence-corrected chi connectivity index (χ1v) is 7.82. The van der Waals surface area contributed by atoms with Crippen molar-refractivity contribution < 1.29 is 19.8 Å². The van der Waals surface area contributed by atoms with Crippen LogP contribution in [-0.4, -0.2) is 36.2 Å². The molecule has 0 aromatic heterocycles. The van der Waals surface area contributed by atoms with Gasteiger partial charge in [0.05, 0.1) is 0 Å². The van der Waals surface area contributed by atoms with Crippen LogP contribution >= 0.6 is 0 Å². The number of carboxylic acids is 2.